The predicted octanol–water partition coefficient (Wildman–Crippen LogP) is 4.72. The Kier molecular flexibility index (Phi) is 5.85. The zero-order valence-corrected chi connectivity index (χ0v) is 20.5. The van der Waals surface area contributed by atoms with Crippen molar-refractivity contribution in [2.24, 2.45) is 0 Å². The Balaban J connectivity index is 1.72. The Hall–Kier alpha value is -4.37. The molecule has 0 saturated carbocycles. The molecule has 180 valence electrons. The zero-order valence-electron chi connectivity index (χ0n) is 19.7. The summed E-state index contributed by atoms with van der Waals surface area (Å²) in [7, 11) is 1.29. The number of hydrogen-bond acceptors (Lipinski definition) is 8. The number of aliphatic hydroxyl groups excluding tert-OH is 1. The number of aliphatic hydroxyl groups is 1. The van der Waals surface area contributed by atoms with E-state index in [1.807, 2.05) is 26.0 Å². The summed E-state index contributed by atoms with van der Waals surface area (Å²) >= 11 is 1.30. The Labute approximate surface area is 210 Å². The minimum atomic E-state index is -0.952. The standard InChI is InChI=1S/C27H21N3O5S/c1-14-12-15(2)21-19(13-14)36-27(29-21)30-22(16-4-6-18(7-5-16)26(34)35-3)20(24(32)25(30)33)23(31)17-8-10-28-11-9-17/h4-13,22,31H,1-3H3/b23-20+. The van der Waals surface area contributed by atoms with Crippen LogP contribution in [0, 0.1) is 13.8 Å². The second-order valence-corrected chi connectivity index (χ2v) is 9.45. The molecule has 1 fully saturated rings. The average molecular weight is 500 g/mol. The van der Waals surface area contributed by atoms with Gasteiger partial charge in [-0.05, 0) is 60.9 Å². The molecular weight excluding hydrogens is 478 g/mol. The molecule has 0 spiro atoms. The molecule has 1 amide bonds. The summed E-state index contributed by atoms with van der Waals surface area (Å²) in [5, 5.41) is 11.5. The number of rotatable bonds is 4. The van der Waals surface area contributed by atoms with Crippen LogP contribution < -0.4 is 4.90 Å². The maximum Gasteiger partial charge on any atom is 0.337 e. The van der Waals surface area contributed by atoms with Crippen molar-refractivity contribution in [1.29, 1.82) is 0 Å². The van der Waals surface area contributed by atoms with Crippen molar-refractivity contribution in [3.8, 4) is 0 Å². The lowest BCUT2D eigenvalue weighted by molar-refractivity contribution is -0.132. The van der Waals surface area contributed by atoms with Crippen LogP contribution in [0.1, 0.15) is 38.7 Å². The normalized spacial score (nSPS) is 17.1. The molecule has 36 heavy (non-hydrogen) atoms. The predicted molar refractivity (Wildman–Crippen MR) is 136 cm³/mol. The number of methoxy groups -OCH3 is 1. The van der Waals surface area contributed by atoms with E-state index in [1.54, 1.807) is 36.4 Å². The lowest BCUT2D eigenvalue weighted by Gasteiger charge is -2.23. The fraction of sp³-hybridized carbons (Fsp3) is 0.148. The largest absolute Gasteiger partial charge is 0.507 e. The molecule has 1 atom stereocenters. The summed E-state index contributed by atoms with van der Waals surface area (Å²) in [4.78, 5) is 48.6. The monoisotopic (exact) mass is 499 g/mol. The molecular formula is C27H21N3O5S. The number of nitrogens with zero attached hydrogens (tertiary/aromatic N) is 3. The molecule has 9 heteroatoms. The van der Waals surface area contributed by atoms with Gasteiger partial charge in [0, 0.05) is 18.0 Å². The van der Waals surface area contributed by atoms with Gasteiger partial charge in [0.2, 0.25) is 0 Å². The van der Waals surface area contributed by atoms with Crippen LogP contribution in [0.25, 0.3) is 16.0 Å². The number of carbonyl (C=O) groups excluding carboxylic acids is 3. The first-order valence-corrected chi connectivity index (χ1v) is 11.9. The highest BCUT2D eigenvalue weighted by atomic mass is 32.1. The van der Waals surface area contributed by atoms with Gasteiger partial charge in [0.05, 0.1) is 34.5 Å². The van der Waals surface area contributed by atoms with Crippen LogP contribution in [0.2, 0.25) is 0 Å². The SMILES string of the molecule is COC(=O)c1ccc(C2/C(=C(\O)c3ccncc3)C(=O)C(=O)N2c2nc3c(C)cc(C)cc3s2)cc1. The summed E-state index contributed by atoms with van der Waals surface area (Å²) in [6.45, 7) is 3.93. The molecule has 1 saturated heterocycles. The van der Waals surface area contributed by atoms with E-state index in [1.165, 1.54) is 35.7 Å². The van der Waals surface area contributed by atoms with Gasteiger partial charge in [0.25, 0.3) is 5.78 Å². The molecule has 1 N–H and O–H groups in total. The van der Waals surface area contributed by atoms with E-state index in [2.05, 4.69) is 4.98 Å². The molecule has 0 radical (unpaired) electrons. The smallest absolute Gasteiger partial charge is 0.337 e. The highest BCUT2D eigenvalue weighted by molar-refractivity contribution is 7.22. The lowest BCUT2D eigenvalue weighted by atomic mass is 9.95. The number of benzene rings is 2. The molecule has 0 bridgehead atoms. The number of Topliss-reactive ketones (excluding diaryl/α,β-unsaturated/α-hetero) is 1. The van der Waals surface area contributed by atoms with Gasteiger partial charge in [-0.3, -0.25) is 19.5 Å². The van der Waals surface area contributed by atoms with Gasteiger partial charge in [-0.2, -0.15) is 0 Å². The van der Waals surface area contributed by atoms with Crippen LogP contribution in [0.4, 0.5) is 5.13 Å². The zero-order chi connectivity index (χ0) is 25.6. The summed E-state index contributed by atoms with van der Waals surface area (Å²) in [5.74, 6) is -2.43. The fourth-order valence-electron chi connectivity index (χ4n) is 4.39. The number of amides is 1. The average Bonchev–Trinajstić information content (AvgIpc) is 3.42. The topological polar surface area (TPSA) is 110 Å². The highest BCUT2D eigenvalue weighted by Crippen LogP contribution is 2.44. The molecule has 8 nitrogen and oxygen atoms in total. The number of aryl methyl sites for hydroxylation is 2. The number of esters is 1. The quantitative estimate of drug-likeness (QED) is 0.187. The first-order chi connectivity index (χ1) is 17.3. The molecule has 3 heterocycles. The lowest BCUT2D eigenvalue weighted by Crippen LogP contribution is -2.29. The maximum atomic E-state index is 13.4. The van der Waals surface area contributed by atoms with Crippen molar-refractivity contribution in [2.45, 2.75) is 19.9 Å². The number of thiazole rings is 1. The second kappa shape index (κ2) is 9.01. The van der Waals surface area contributed by atoms with E-state index in [-0.39, 0.29) is 11.3 Å². The Morgan fingerprint density at radius 1 is 1.03 bits per heavy atom. The summed E-state index contributed by atoms with van der Waals surface area (Å²) in [6.07, 6.45) is 2.98. The van der Waals surface area contributed by atoms with Gasteiger partial charge >= 0.3 is 11.9 Å². The third-order valence-corrected chi connectivity index (χ3v) is 7.07. The number of hydrogen-bond donors (Lipinski definition) is 1. The molecule has 0 aliphatic carbocycles. The minimum absolute atomic E-state index is 0.0656. The van der Waals surface area contributed by atoms with Gasteiger partial charge in [-0.25, -0.2) is 9.78 Å². The van der Waals surface area contributed by atoms with Crippen molar-refractivity contribution < 1.29 is 24.2 Å². The maximum absolute atomic E-state index is 13.4. The van der Waals surface area contributed by atoms with Gasteiger partial charge < -0.3 is 9.84 Å². The van der Waals surface area contributed by atoms with Crippen LogP contribution >= 0.6 is 11.3 Å². The number of fused-ring (bicyclic) bond motifs is 1. The van der Waals surface area contributed by atoms with Crippen molar-refractivity contribution in [2.75, 3.05) is 12.0 Å². The number of carbonyl (C=O) groups is 3. The third kappa shape index (κ3) is 3.83. The Morgan fingerprint density at radius 3 is 2.39 bits per heavy atom. The van der Waals surface area contributed by atoms with E-state index >= 15 is 0 Å². The summed E-state index contributed by atoms with van der Waals surface area (Å²) in [5.41, 5.74) is 3.91. The van der Waals surface area contributed by atoms with Crippen LogP contribution in [-0.4, -0.2) is 39.8 Å². The number of ketones is 1. The van der Waals surface area contributed by atoms with Gasteiger partial charge in [0.15, 0.2) is 5.13 Å². The molecule has 2 aromatic heterocycles. The third-order valence-electron chi connectivity index (χ3n) is 6.07. The van der Waals surface area contributed by atoms with Crippen LogP contribution in [-0.2, 0) is 14.3 Å². The van der Waals surface area contributed by atoms with E-state index in [4.69, 9.17) is 9.72 Å². The fourth-order valence-corrected chi connectivity index (χ4v) is 5.56. The number of ether oxygens (including phenoxy) is 1. The van der Waals surface area contributed by atoms with Gasteiger partial charge in [-0.15, -0.1) is 0 Å². The second-order valence-electron chi connectivity index (χ2n) is 8.44. The summed E-state index contributed by atoms with van der Waals surface area (Å²) < 4.78 is 5.66. The highest BCUT2D eigenvalue weighted by Gasteiger charge is 2.48. The summed E-state index contributed by atoms with van der Waals surface area (Å²) in [6, 6.07) is 12.5. The molecule has 1 unspecified atom stereocenters. The van der Waals surface area contributed by atoms with Gasteiger partial charge in [-0.1, -0.05) is 29.5 Å². The molecule has 4 aromatic rings. The van der Waals surface area contributed by atoms with Crippen molar-refractivity contribution in [1.82, 2.24) is 9.97 Å². The molecule has 1 aliphatic rings. The van der Waals surface area contributed by atoms with E-state index in [9.17, 15) is 19.5 Å². The van der Waals surface area contributed by atoms with E-state index in [0.29, 0.717) is 21.8 Å². The van der Waals surface area contributed by atoms with Crippen LogP contribution in [0.3, 0.4) is 0 Å². The first-order valence-electron chi connectivity index (χ1n) is 11.1. The van der Waals surface area contributed by atoms with Gasteiger partial charge in [0.1, 0.15) is 5.76 Å². The van der Waals surface area contributed by atoms with Crippen molar-refractivity contribution in [3.05, 3.63) is 94.3 Å². The van der Waals surface area contributed by atoms with E-state index in [0.717, 1.165) is 21.3 Å². The number of pyridine rings is 1. The number of aromatic nitrogens is 2. The van der Waals surface area contributed by atoms with Crippen molar-refractivity contribution in [3.63, 3.8) is 0 Å². The van der Waals surface area contributed by atoms with Crippen LogP contribution in [0.15, 0.2) is 66.5 Å². The van der Waals surface area contributed by atoms with E-state index < -0.39 is 23.7 Å². The first kappa shape index (κ1) is 23.4. The molecule has 5 rings (SSSR count). The Bertz CT molecular complexity index is 1560. The van der Waals surface area contributed by atoms with Crippen molar-refractivity contribution >= 4 is 50.1 Å². The minimum Gasteiger partial charge on any atom is -0.507 e. The van der Waals surface area contributed by atoms with Crippen LogP contribution in [0.5, 0.6) is 0 Å². The Morgan fingerprint density at radius 2 is 1.72 bits per heavy atom. The molecule has 1 aliphatic heterocycles. The number of anilines is 1. The molecule has 2 aromatic carbocycles.